The van der Waals surface area contributed by atoms with E-state index in [1.165, 1.54) is 6.07 Å². The molecule has 7 heteroatoms. The first kappa shape index (κ1) is 18.4. The van der Waals surface area contributed by atoms with Crippen LogP contribution in [0.5, 0.6) is 0 Å². The molecule has 2 rings (SSSR count). The first-order valence-corrected chi connectivity index (χ1v) is 8.43. The fraction of sp³-hybridized carbons (Fsp3) is 0.412. The van der Waals surface area contributed by atoms with Gasteiger partial charge in [-0.05, 0) is 73.1 Å². The number of carbonyl (C=O) groups excluding carboxylic acids is 1. The first-order chi connectivity index (χ1) is 11.2. The lowest BCUT2D eigenvalue weighted by atomic mass is 10.1. The third kappa shape index (κ3) is 5.06. The second kappa shape index (κ2) is 7.34. The number of hydrogen-bond acceptors (Lipinski definition) is 3. The minimum absolute atomic E-state index is 0.311. The highest BCUT2D eigenvalue weighted by Gasteiger charge is 2.15. The number of aromatic amines is 1. The van der Waals surface area contributed by atoms with Crippen molar-refractivity contribution < 1.29 is 13.9 Å². The highest BCUT2D eigenvalue weighted by atomic mass is 79.9. The molecule has 130 valence electrons. The number of H-pyrrole nitrogens is 1. The molecule has 0 aliphatic rings. The average molecular weight is 399 g/mol. The number of carbonyl (C=O) groups is 1. The van der Waals surface area contributed by atoms with Crippen LogP contribution in [0, 0.1) is 5.82 Å². The van der Waals surface area contributed by atoms with Crippen LogP contribution in [0.4, 0.5) is 9.18 Å². The molecule has 1 aromatic carbocycles. The molecule has 0 saturated carbocycles. The number of rotatable bonds is 4. The topological polar surface area (TPSA) is 71.2 Å². The summed E-state index contributed by atoms with van der Waals surface area (Å²) < 4.78 is 19.0. The Balaban J connectivity index is 1.97. The second-order valence-electron chi connectivity index (χ2n) is 6.51. The zero-order valence-electron chi connectivity index (χ0n) is 13.8. The summed E-state index contributed by atoms with van der Waals surface area (Å²) in [6.07, 6.45) is 0.757. The lowest BCUT2D eigenvalue weighted by Crippen LogP contribution is -2.33. The fourth-order valence-electron chi connectivity index (χ4n) is 2.23. The van der Waals surface area contributed by atoms with E-state index in [1.54, 1.807) is 26.8 Å². The largest absolute Gasteiger partial charge is 0.444 e. The van der Waals surface area contributed by atoms with Crippen LogP contribution in [-0.2, 0) is 11.2 Å². The van der Waals surface area contributed by atoms with E-state index >= 15 is 0 Å². The Bertz CT molecular complexity index is 812. The van der Waals surface area contributed by atoms with Crippen molar-refractivity contribution in [2.45, 2.75) is 39.2 Å². The summed E-state index contributed by atoms with van der Waals surface area (Å²) in [6, 6.07) is 4.61. The Morgan fingerprint density at radius 1 is 1.33 bits per heavy atom. The predicted octanol–water partition coefficient (Wildman–Crippen LogP) is 3.89. The fourth-order valence-corrected chi connectivity index (χ4v) is 2.59. The van der Waals surface area contributed by atoms with E-state index in [9.17, 15) is 14.0 Å². The van der Waals surface area contributed by atoms with Crippen molar-refractivity contribution in [2.24, 2.45) is 0 Å². The quantitative estimate of drug-likeness (QED) is 0.767. The van der Waals surface area contributed by atoms with Crippen molar-refractivity contribution in [3.63, 3.8) is 0 Å². The number of nitrogens with one attached hydrogen (secondary N) is 2. The van der Waals surface area contributed by atoms with Gasteiger partial charge in [-0.2, -0.15) is 0 Å². The van der Waals surface area contributed by atoms with Gasteiger partial charge in [0, 0.05) is 17.6 Å². The summed E-state index contributed by atoms with van der Waals surface area (Å²) in [4.78, 5) is 26.3. The Labute approximate surface area is 147 Å². The number of amides is 1. The lowest BCUT2D eigenvalue weighted by molar-refractivity contribution is 0.0527. The van der Waals surface area contributed by atoms with Gasteiger partial charge in [0.1, 0.15) is 11.4 Å². The van der Waals surface area contributed by atoms with Crippen molar-refractivity contribution in [3.05, 3.63) is 44.5 Å². The number of benzene rings is 1. The monoisotopic (exact) mass is 398 g/mol. The Morgan fingerprint density at radius 3 is 2.71 bits per heavy atom. The van der Waals surface area contributed by atoms with Crippen molar-refractivity contribution in [2.75, 3.05) is 6.54 Å². The summed E-state index contributed by atoms with van der Waals surface area (Å²) in [5.74, 6) is -0.470. The molecule has 24 heavy (non-hydrogen) atoms. The van der Waals surface area contributed by atoms with Gasteiger partial charge in [-0.25, -0.2) is 9.18 Å². The zero-order chi connectivity index (χ0) is 17.9. The van der Waals surface area contributed by atoms with Crippen LogP contribution in [0.25, 0.3) is 10.8 Å². The van der Waals surface area contributed by atoms with E-state index in [2.05, 4.69) is 26.2 Å². The summed E-state index contributed by atoms with van der Waals surface area (Å²) >= 11 is 3.12. The van der Waals surface area contributed by atoms with E-state index in [0.29, 0.717) is 34.6 Å². The molecule has 1 heterocycles. The molecule has 0 aliphatic carbocycles. The number of halogens is 2. The van der Waals surface area contributed by atoms with Gasteiger partial charge in [0.05, 0.1) is 4.47 Å². The number of aryl methyl sites for hydroxylation is 1. The summed E-state index contributed by atoms with van der Waals surface area (Å²) in [6.45, 7) is 5.83. The summed E-state index contributed by atoms with van der Waals surface area (Å²) in [5.41, 5.74) is -0.123. The van der Waals surface area contributed by atoms with Crippen molar-refractivity contribution in [1.82, 2.24) is 10.3 Å². The second-order valence-corrected chi connectivity index (χ2v) is 7.36. The molecule has 2 aromatic rings. The number of pyridine rings is 1. The number of hydrogen-bond donors (Lipinski definition) is 2. The molecule has 5 nitrogen and oxygen atoms in total. The van der Waals surface area contributed by atoms with Gasteiger partial charge in [0.25, 0.3) is 5.56 Å². The molecule has 0 spiro atoms. The molecular weight excluding hydrogens is 379 g/mol. The molecular formula is C17H20BrFN2O3. The Kier molecular flexibility index (Phi) is 5.64. The molecule has 0 atom stereocenters. The normalized spacial score (nSPS) is 11.5. The van der Waals surface area contributed by atoms with Gasteiger partial charge in [-0.15, -0.1) is 0 Å². The summed E-state index contributed by atoms with van der Waals surface area (Å²) in [5, 5.41) is 3.65. The number of ether oxygens (including phenoxy) is 1. The molecule has 2 N–H and O–H groups in total. The lowest BCUT2D eigenvalue weighted by Gasteiger charge is -2.19. The van der Waals surface area contributed by atoms with Crippen LogP contribution in [0.3, 0.4) is 0 Å². The van der Waals surface area contributed by atoms with Gasteiger partial charge in [-0.3, -0.25) is 4.79 Å². The SMILES string of the molecule is CC(C)(C)OC(=O)NCCCc1cc2cc(Br)c(F)cc2c(=O)[nH]1. The zero-order valence-corrected chi connectivity index (χ0v) is 15.4. The highest BCUT2D eigenvalue weighted by molar-refractivity contribution is 9.10. The first-order valence-electron chi connectivity index (χ1n) is 7.63. The van der Waals surface area contributed by atoms with E-state index in [4.69, 9.17) is 4.74 Å². The van der Waals surface area contributed by atoms with Crippen molar-refractivity contribution in [1.29, 1.82) is 0 Å². The molecule has 0 saturated heterocycles. The van der Waals surface area contributed by atoms with Gasteiger partial charge < -0.3 is 15.0 Å². The summed E-state index contributed by atoms with van der Waals surface area (Å²) in [7, 11) is 0. The molecule has 0 unspecified atom stereocenters. The van der Waals surface area contributed by atoms with E-state index in [-0.39, 0.29) is 5.56 Å². The van der Waals surface area contributed by atoms with Crippen LogP contribution in [0.15, 0.2) is 27.5 Å². The standard InChI is InChI=1S/C17H20BrFN2O3/c1-17(2,3)24-16(23)20-6-4-5-11-7-10-8-13(18)14(19)9-12(10)15(22)21-11/h7-9H,4-6H2,1-3H3,(H,20,23)(H,21,22). The Morgan fingerprint density at radius 2 is 2.04 bits per heavy atom. The maximum Gasteiger partial charge on any atom is 0.407 e. The van der Waals surface area contributed by atoms with Gasteiger partial charge >= 0.3 is 6.09 Å². The smallest absolute Gasteiger partial charge is 0.407 e. The van der Waals surface area contributed by atoms with E-state index in [1.807, 2.05) is 6.07 Å². The molecule has 0 bridgehead atoms. The third-order valence-electron chi connectivity index (χ3n) is 3.23. The molecule has 0 aliphatic heterocycles. The van der Waals surface area contributed by atoms with Crippen molar-refractivity contribution >= 4 is 32.8 Å². The Hall–Kier alpha value is -1.89. The molecule has 0 radical (unpaired) electrons. The number of alkyl carbamates (subject to hydrolysis) is 1. The van der Waals surface area contributed by atoms with Gasteiger partial charge in [0.15, 0.2) is 0 Å². The number of fused-ring (bicyclic) bond motifs is 1. The van der Waals surface area contributed by atoms with Gasteiger partial charge in [-0.1, -0.05) is 0 Å². The minimum atomic E-state index is -0.531. The highest BCUT2D eigenvalue weighted by Crippen LogP contribution is 2.21. The predicted molar refractivity (Wildman–Crippen MR) is 94.8 cm³/mol. The third-order valence-corrected chi connectivity index (χ3v) is 3.84. The van der Waals surface area contributed by atoms with Crippen molar-refractivity contribution in [3.8, 4) is 0 Å². The van der Waals surface area contributed by atoms with Crippen LogP contribution in [-0.4, -0.2) is 23.2 Å². The maximum absolute atomic E-state index is 13.5. The molecule has 1 amide bonds. The average Bonchev–Trinajstić information content (AvgIpc) is 2.44. The van der Waals surface area contributed by atoms with E-state index in [0.717, 1.165) is 5.69 Å². The van der Waals surface area contributed by atoms with Crippen LogP contribution < -0.4 is 10.9 Å². The maximum atomic E-state index is 13.5. The van der Waals surface area contributed by atoms with Gasteiger partial charge in [0.2, 0.25) is 0 Å². The van der Waals surface area contributed by atoms with E-state index < -0.39 is 17.5 Å². The molecule has 0 fully saturated rings. The number of aromatic nitrogens is 1. The molecule has 1 aromatic heterocycles. The van der Waals surface area contributed by atoms with Crippen LogP contribution in [0.2, 0.25) is 0 Å². The van der Waals surface area contributed by atoms with Crippen LogP contribution >= 0.6 is 15.9 Å². The minimum Gasteiger partial charge on any atom is -0.444 e. The van der Waals surface area contributed by atoms with Crippen LogP contribution in [0.1, 0.15) is 32.9 Å².